The minimum Gasteiger partial charge on any atom is -0.386 e. The number of para-hydroxylation sites is 1. The second-order valence-electron chi connectivity index (χ2n) is 6.93. The van der Waals surface area contributed by atoms with E-state index < -0.39 is 17.7 Å². The Labute approximate surface area is 191 Å². The van der Waals surface area contributed by atoms with E-state index in [1.165, 1.54) is 42.5 Å². The van der Waals surface area contributed by atoms with E-state index in [4.69, 9.17) is 0 Å². The van der Waals surface area contributed by atoms with E-state index in [0.717, 1.165) is 0 Å². The van der Waals surface area contributed by atoms with Crippen molar-refractivity contribution >= 4 is 35.6 Å². The number of aliphatic hydroxyl groups excluding tert-OH is 1. The number of aliphatic hydroxyl groups is 1. The highest BCUT2D eigenvalue weighted by molar-refractivity contribution is 14.0. The molecule has 1 aliphatic rings. The topological polar surface area (TPSA) is 59.9 Å². The Morgan fingerprint density at radius 3 is 2.47 bits per heavy atom. The second-order valence-corrected chi connectivity index (χ2v) is 6.93. The molecule has 0 amide bonds. The van der Waals surface area contributed by atoms with Crippen LogP contribution in [0.2, 0.25) is 0 Å². The van der Waals surface area contributed by atoms with Gasteiger partial charge in [-0.1, -0.05) is 18.2 Å². The molecular weight excluding hydrogens is 508 g/mol. The Morgan fingerprint density at radius 2 is 1.83 bits per heavy atom. The monoisotopic (exact) mass is 534 g/mol. The van der Waals surface area contributed by atoms with Crippen molar-refractivity contribution in [3.05, 3.63) is 65.5 Å². The summed E-state index contributed by atoms with van der Waals surface area (Å²) in [6.07, 6.45) is -0.169. The molecule has 9 heteroatoms. The molecule has 0 aromatic heterocycles. The molecule has 0 radical (unpaired) electrons. The number of hydrogen-bond donors (Lipinski definition) is 3. The zero-order chi connectivity index (χ0) is 20.8. The van der Waals surface area contributed by atoms with Crippen molar-refractivity contribution in [3.8, 4) is 0 Å². The first-order chi connectivity index (χ1) is 14.0. The van der Waals surface area contributed by atoms with E-state index in [2.05, 4.69) is 15.6 Å². The second kappa shape index (κ2) is 11.4. The Balaban J connectivity index is 0.00000320. The fraction of sp³-hybridized carbons (Fsp3) is 0.381. The summed E-state index contributed by atoms with van der Waals surface area (Å²) in [7, 11) is 0. The molecule has 0 bridgehead atoms. The van der Waals surface area contributed by atoms with Gasteiger partial charge in [-0.25, -0.2) is 13.2 Å². The van der Waals surface area contributed by atoms with E-state index in [0.29, 0.717) is 37.6 Å². The van der Waals surface area contributed by atoms with Crippen LogP contribution in [-0.2, 0) is 0 Å². The van der Waals surface area contributed by atoms with Crippen molar-refractivity contribution in [2.24, 2.45) is 4.99 Å². The smallest absolute Gasteiger partial charge is 0.191 e. The molecule has 0 spiro atoms. The molecule has 5 nitrogen and oxygen atoms in total. The third-order valence-corrected chi connectivity index (χ3v) is 4.80. The minimum atomic E-state index is -0.862. The van der Waals surface area contributed by atoms with Crippen LogP contribution in [0.25, 0.3) is 0 Å². The minimum absolute atomic E-state index is 0. The van der Waals surface area contributed by atoms with E-state index in [-0.39, 0.29) is 48.1 Å². The first-order valence-electron chi connectivity index (χ1n) is 9.65. The van der Waals surface area contributed by atoms with Crippen molar-refractivity contribution in [1.29, 1.82) is 0 Å². The number of rotatable bonds is 6. The van der Waals surface area contributed by atoms with Crippen LogP contribution in [0, 0.1) is 17.5 Å². The third-order valence-electron chi connectivity index (χ3n) is 4.80. The molecule has 1 heterocycles. The molecule has 3 rings (SSSR count). The molecule has 0 aliphatic carbocycles. The van der Waals surface area contributed by atoms with Gasteiger partial charge in [-0.05, 0) is 43.2 Å². The number of nitrogens with one attached hydrogen (secondary N) is 2. The zero-order valence-electron chi connectivity index (χ0n) is 16.6. The number of hydrogen-bond acceptors (Lipinski definition) is 3. The fourth-order valence-corrected chi connectivity index (χ4v) is 3.35. The lowest BCUT2D eigenvalue weighted by molar-refractivity contribution is 0.187. The molecular formula is C21H26F3IN4O. The van der Waals surface area contributed by atoms with Gasteiger partial charge in [0.15, 0.2) is 5.96 Å². The van der Waals surface area contributed by atoms with Crippen LogP contribution in [0.5, 0.6) is 0 Å². The molecule has 1 fully saturated rings. The summed E-state index contributed by atoms with van der Waals surface area (Å²) in [5.74, 6) is -1.01. The third kappa shape index (κ3) is 6.24. The van der Waals surface area contributed by atoms with Gasteiger partial charge in [0.25, 0.3) is 0 Å². The summed E-state index contributed by atoms with van der Waals surface area (Å²) in [5, 5.41) is 16.6. The lowest BCUT2D eigenvalue weighted by Crippen LogP contribution is -2.45. The maximum absolute atomic E-state index is 14.0. The number of aliphatic imine (C=N–C) groups is 1. The Bertz CT molecular complexity index is 830. The highest BCUT2D eigenvalue weighted by Crippen LogP contribution is 2.26. The highest BCUT2D eigenvalue weighted by atomic mass is 127. The van der Waals surface area contributed by atoms with Crippen LogP contribution in [-0.4, -0.2) is 43.3 Å². The Hall–Kier alpha value is -2.01. The van der Waals surface area contributed by atoms with Gasteiger partial charge in [0, 0.05) is 25.7 Å². The van der Waals surface area contributed by atoms with Crippen LogP contribution in [0.15, 0.2) is 47.5 Å². The van der Waals surface area contributed by atoms with Crippen LogP contribution in [0.3, 0.4) is 0 Å². The fourth-order valence-electron chi connectivity index (χ4n) is 3.35. The molecule has 3 N–H and O–H groups in total. The van der Waals surface area contributed by atoms with Crippen molar-refractivity contribution in [2.75, 3.05) is 31.1 Å². The van der Waals surface area contributed by atoms with Crippen LogP contribution < -0.4 is 15.5 Å². The van der Waals surface area contributed by atoms with Gasteiger partial charge in [0.05, 0.1) is 12.6 Å². The van der Waals surface area contributed by atoms with Crippen molar-refractivity contribution in [3.63, 3.8) is 0 Å². The molecule has 2 unspecified atom stereocenters. The van der Waals surface area contributed by atoms with Gasteiger partial charge >= 0.3 is 0 Å². The van der Waals surface area contributed by atoms with Gasteiger partial charge < -0.3 is 20.6 Å². The van der Waals surface area contributed by atoms with Gasteiger partial charge in [-0.3, -0.25) is 4.99 Å². The number of anilines is 1. The largest absolute Gasteiger partial charge is 0.386 e. The standard InChI is InChI=1S/C21H25F3N4O.HI/c1-2-25-21(26-12-19(29)14-6-8-15(22)9-7-14)27-16-10-11-28(13-16)20-17(23)4-3-5-18(20)24;/h3-9,16,19,29H,2,10-13H2,1H3,(H2,25,26,27);1H. The van der Waals surface area contributed by atoms with Gasteiger partial charge in [-0.15, -0.1) is 24.0 Å². The highest BCUT2D eigenvalue weighted by Gasteiger charge is 2.27. The van der Waals surface area contributed by atoms with Crippen LogP contribution in [0.4, 0.5) is 18.9 Å². The first-order valence-corrected chi connectivity index (χ1v) is 9.65. The Kier molecular flexibility index (Phi) is 9.22. The molecule has 30 heavy (non-hydrogen) atoms. The van der Waals surface area contributed by atoms with E-state index in [9.17, 15) is 18.3 Å². The number of guanidine groups is 1. The zero-order valence-corrected chi connectivity index (χ0v) is 18.9. The van der Waals surface area contributed by atoms with Gasteiger partial charge in [0.1, 0.15) is 23.1 Å². The maximum atomic E-state index is 14.0. The summed E-state index contributed by atoms with van der Waals surface area (Å²) >= 11 is 0. The van der Waals surface area contributed by atoms with Crippen molar-refractivity contribution < 1.29 is 18.3 Å². The molecule has 1 aliphatic heterocycles. The van der Waals surface area contributed by atoms with Gasteiger partial charge in [0.2, 0.25) is 0 Å². The summed E-state index contributed by atoms with van der Waals surface area (Å²) in [6, 6.07) is 9.43. The Morgan fingerprint density at radius 1 is 1.17 bits per heavy atom. The molecule has 2 aromatic rings. The molecule has 1 saturated heterocycles. The molecule has 2 atom stereocenters. The van der Waals surface area contributed by atoms with Gasteiger partial charge in [-0.2, -0.15) is 0 Å². The quantitative estimate of drug-likeness (QED) is 0.302. The number of halogens is 4. The summed E-state index contributed by atoms with van der Waals surface area (Å²) in [5.41, 5.74) is 0.568. The number of nitrogens with zero attached hydrogens (tertiary/aromatic N) is 2. The predicted octanol–water partition coefficient (Wildman–Crippen LogP) is 3.59. The number of benzene rings is 2. The first kappa shape index (κ1) is 24.3. The van der Waals surface area contributed by atoms with Crippen LogP contribution >= 0.6 is 24.0 Å². The lowest BCUT2D eigenvalue weighted by atomic mass is 10.1. The average Bonchev–Trinajstić information content (AvgIpc) is 3.14. The summed E-state index contributed by atoms with van der Waals surface area (Å²) in [4.78, 5) is 6.07. The molecule has 164 valence electrons. The summed E-state index contributed by atoms with van der Waals surface area (Å²) < 4.78 is 41.1. The summed E-state index contributed by atoms with van der Waals surface area (Å²) in [6.45, 7) is 3.59. The van der Waals surface area contributed by atoms with Crippen molar-refractivity contribution in [1.82, 2.24) is 10.6 Å². The lowest BCUT2D eigenvalue weighted by Gasteiger charge is -2.21. The predicted molar refractivity (Wildman–Crippen MR) is 123 cm³/mol. The normalized spacial score (nSPS) is 17.4. The average molecular weight is 534 g/mol. The molecule has 2 aromatic carbocycles. The maximum Gasteiger partial charge on any atom is 0.191 e. The van der Waals surface area contributed by atoms with Crippen molar-refractivity contribution in [2.45, 2.75) is 25.5 Å². The van der Waals surface area contributed by atoms with Crippen LogP contribution in [0.1, 0.15) is 25.0 Å². The van der Waals surface area contributed by atoms with E-state index in [1.54, 1.807) is 4.90 Å². The van der Waals surface area contributed by atoms with E-state index >= 15 is 0 Å². The SMILES string of the molecule is CCNC(=NCC(O)c1ccc(F)cc1)NC1CCN(c2c(F)cccc2F)C1.I. The van der Waals surface area contributed by atoms with E-state index in [1.807, 2.05) is 6.92 Å². The molecule has 0 saturated carbocycles.